The molecule has 2 nitrogen and oxygen atoms in total. The van der Waals surface area contributed by atoms with E-state index in [2.05, 4.69) is 24.1 Å². The number of hydrogen-bond acceptors (Lipinski definition) is 2. The van der Waals surface area contributed by atoms with Crippen LogP contribution < -0.4 is 5.32 Å². The van der Waals surface area contributed by atoms with Crippen molar-refractivity contribution in [3.63, 3.8) is 0 Å². The van der Waals surface area contributed by atoms with Gasteiger partial charge in [0.1, 0.15) is 0 Å². The number of likely N-dealkylation sites (tertiary alicyclic amines) is 1. The maximum Gasteiger partial charge on any atom is 0.00962 e. The van der Waals surface area contributed by atoms with Gasteiger partial charge in [0.2, 0.25) is 0 Å². The SMILES string of the molecule is CCCCNCCCC1CCCN1CCC. The molecule has 1 aliphatic rings. The van der Waals surface area contributed by atoms with Gasteiger partial charge in [-0.3, -0.25) is 0 Å². The highest BCUT2D eigenvalue weighted by Crippen LogP contribution is 2.20. The van der Waals surface area contributed by atoms with Gasteiger partial charge in [0.15, 0.2) is 0 Å². The number of nitrogens with zero attached hydrogens (tertiary/aromatic N) is 1. The summed E-state index contributed by atoms with van der Waals surface area (Å²) >= 11 is 0. The van der Waals surface area contributed by atoms with Crippen molar-refractivity contribution in [2.24, 2.45) is 0 Å². The third kappa shape index (κ3) is 5.31. The molecule has 2 heteroatoms. The van der Waals surface area contributed by atoms with Gasteiger partial charge >= 0.3 is 0 Å². The summed E-state index contributed by atoms with van der Waals surface area (Å²) in [5.74, 6) is 0. The lowest BCUT2D eigenvalue weighted by molar-refractivity contribution is 0.240. The molecule has 1 rings (SSSR count). The first-order chi connectivity index (χ1) is 7.88. The second kappa shape index (κ2) is 9.00. The number of nitrogens with one attached hydrogen (secondary N) is 1. The van der Waals surface area contributed by atoms with Crippen LogP contribution in [0.25, 0.3) is 0 Å². The van der Waals surface area contributed by atoms with Crippen LogP contribution in [0.1, 0.15) is 58.8 Å². The van der Waals surface area contributed by atoms with Crippen molar-refractivity contribution < 1.29 is 0 Å². The second-order valence-electron chi connectivity index (χ2n) is 5.08. The summed E-state index contributed by atoms with van der Waals surface area (Å²) in [6.45, 7) is 9.64. The Labute approximate surface area is 102 Å². The molecule has 1 heterocycles. The molecular weight excluding hydrogens is 196 g/mol. The molecule has 1 unspecified atom stereocenters. The second-order valence-corrected chi connectivity index (χ2v) is 5.08. The van der Waals surface area contributed by atoms with Crippen molar-refractivity contribution in [1.29, 1.82) is 0 Å². The van der Waals surface area contributed by atoms with Crippen LogP contribution in [0.15, 0.2) is 0 Å². The highest BCUT2D eigenvalue weighted by molar-refractivity contribution is 4.78. The Morgan fingerprint density at radius 1 is 1.12 bits per heavy atom. The van der Waals surface area contributed by atoms with Gasteiger partial charge in [-0.1, -0.05) is 20.3 Å². The molecule has 0 radical (unpaired) electrons. The van der Waals surface area contributed by atoms with Gasteiger partial charge in [-0.05, 0) is 64.7 Å². The van der Waals surface area contributed by atoms with Crippen LogP contribution in [-0.4, -0.2) is 37.1 Å². The van der Waals surface area contributed by atoms with Crippen molar-refractivity contribution in [2.45, 2.75) is 64.8 Å². The van der Waals surface area contributed by atoms with E-state index >= 15 is 0 Å². The zero-order chi connectivity index (χ0) is 11.6. The molecule has 0 spiro atoms. The maximum absolute atomic E-state index is 3.54. The Balaban J connectivity index is 1.99. The highest BCUT2D eigenvalue weighted by atomic mass is 15.2. The lowest BCUT2D eigenvalue weighted by Gasteiger charge is -2.23. The quantitative estimate of drug-likeness (QED) is 0.608. The minimum absolute atomic E-state index is 0.896. The molecule has 1 atom stereocenters. The van der Waals surface area contributed by atoms with Crippen LogP contribution in [-0.2, 0) is 0 Å². The number of rotatable bonds is 9. The van der Waals surface area contributed by atoms with E-state index in [1.807, 2.05) is 0 Å². The van der Waals surface area contributed by atoms with Crippen LogP contribution in [0.4, 0.5) is 0 Å². The highest BCUT2D eigenvalue weighted by Gasteiger charge is 2.22. The molecule has 0 saturated carbocycles. The van der Waals surface area contributed by atoms with E-state index in [1.165, 1.54) is 71.1 Å². The molecule has 16 heavy (non-hydrogen) atoms. The first-order valence-electron chi connectivity index (χ1n) is 7.33. The van der Waals surface area contributed by atoms with Crippen LogP contribution in [0, 0.1) is 0 Å². The molecule has 1 saturated heterocycles. The molecule has 0 aromatic rings. The molecule has 96 valence electrons. The van der Waals surface area contributed by atoms with E-state index in [9.17, 15) is 0 Å². The summed E-state index contributed by atoms with van der Waals surface area (Å²) in [5.41, 5.74) is 0. The van der Waals surface area contributed by atoms with Gasteiger partial charge in [-0.25, -0.2) is 0 Å². The minimum Gasteiger partial charge on any atom is -0.317 e. The fraction of sp³-hybridized carbons (Fsp3) is 1.00. The summed E-state index contributed by atoms with van der Waals surface area (Å²) < 4.78 is 0. The third-order valence-electron chi connectivity index (χ3n) is 3.61. The maximum atomic E-state index is 3.54. The zero-order valence-corrected chi connectivity index (χ0v) is 11.3. The average molecular weight is 226 g/mol. The Hall–Kier alpha value is -0.0800. The van der Waals surface area contributed by atoms with Crippen molar-refractivity contribution in [3.05, 3.63) is 0 Å². The number of hydrogen-bond donors (Lipinski definition) is 1. The molecule has 1 aliphatic heterocycles. The van der Waals surface area contributed by atoms with E-state index < -0.39 is 0 Å². The topological polar surface area (TPSA) is 15.3 Å². The van der Waals surface area contributed by atoms with Crippen LogP contribution in [0.5, 0.6) is 0 Å². The number of unbranched alkanes of at least 4 members (excludes halogenated alkanes) is 1. The summed E-state index contributed by atoms with van der Waals surface area (Å²) in [5, 5.41) is 3.54. The zero-order valence-electron chi connectivity index (χ0n) is 11.3. The monoisotopic (exact) mass is 226 g/mol. The van der Waals surface area contributed by atoms with E-state index in [1.54, 1.807) is 0 Å². The molecule has 0 bridgehead atoms. The van der Waals surface area contributed by atoms with E-state index in [0.717, 1.165) is 6.04 Å². The predicted octanol–water partition coefficient (Wildman–Crippen LogP) is 3.03. The summed E-state index contributed by atoms with van der Waals surface area (Å²) in [6, 6.07) is 0.896. The van der Waals surface area contributed by atoms with Crippen LogP contribution >= 0.6 is 0 Å². The molecule has 0 amide bonds. The Morgan fingerprint density at radius 3 is 2.69 bits per heavy atom. The van der Waals surface area contributed by atoms with Crippen molar-refractivity contribution in [2.75, 3.05) is 26.2 Å². The van der Waals surface area contributed by atoms with Gasteiger partial charge in [0.25, 0.3) is 0 Å². The minimum atomic E-state index is 0.896. The smallest absolute Gasteiger partial charge is 0.00962 e. The molecule has 1 N–H and O–H groups in total. The van der Waals surface area contributed by atoms with E-state index in [4.69, 9.17) is 0 Å². The summed E-state index contributed by atoms with van der Waals surface area (Å²) in [4.78, 5) is 2.70. The predicted molar refractivity (Wildman–Crippen MR) is 71.9 cm³/mol. The van der Waals surface area contributed by atoms with Gasteiger partial charge in [-0.2, -0.15) is 0 Å². The molecular formula is C14H30N2. The molecule has 0 aromatic heterocycles. The molecule has 0 aliphatic carbocycles. The largest absolute Gasteiger partial charge is 0.317 e. The fourth-order valence-corrected chi connectivity index (χ4v) is 2.69. The Bertz CT molecular complexity index is 159. The van der Waals surface area contributed by atoms with Crippen LogP contribution in [0.3, 0.4) is 0 Å². The van der Waals surface area contributed by atoms with Crippen LogP contribution in [0.2, 0.25) is 0 Å². The molecule has 0 aromatic carbocycles. The third-order valence-corrected chi connectivity index (χ3v) is 3.61. The van der Waals surface area contributed by atoms with Gasteiger partial charge < -0.3 is 10.2 Å². The summed E-state index contributed by atoms with van der Waals surface area (Å²) in [7, 11) is 0. The fourth-order valence-electron chi connectivity index (χ4n) is 2.69. The van der Waals surface area contributed by atoms with Gasteiger partial charge in [0, 0.05) is 6.04 Å². The van der Waals surface area contributed by atoms with Crippen molar-refractivity contribution in [1.82, 2.24) is 10.2 Å². The van der Waals surface area contributed by atoms with E-state index in [-0.39, 0.29) is 0 Å². The average Bonchev–Trinajstić information content (AvgIpc) is 2.72. The standard InChI is InChI=1S/C14H30N2/c1-3-5-10-15-11-6-8-14-9-7-13-16(14)12-4-2/h14-15H,3-13H2,1-2H3. The van der Waals surface area contributed by atoms with Crippen molar-refractivity contribution >= 4 is 0 Å². The lowest BCUT2D eigenvalue weighted by atomic mass is 10.1. The van der Waals surface area contributed by atoms with E-state index in [0.29, 0.717) is 0 Å². The normalized spacial score (nSPS) is 21.8. The first kappa shape index (κ1) is 14.0. The summed E-state index contributed by atoms with van der Waals surface area (Å²) in [6.07, 6.45) is 9.56. The van der Waals surface area contributed by atoms with Gasteiger partial charge in [0.05, 0.1) is 0 Å². The Kier molecular flexibility index (Phi) is 7.87. The lowest BCUT2D eigenvalue weighted by Crippen LogP contribution is -2.30. The van der Waals surface area contributed by atoms with Gasteiger partial charge in [-0.15, -0.1) is 0 Å². The Morgan fingerprint density at radius 2 is 1.94 bits per heavy atom. The molecule has 1 fully saturated rings. The first-order valence-corrected chi connectivity index (χ1v) is 7.33. The van der Waals surface area contributed by atoms with Crippen molar-refractivity contribution in [3.8, 4) is 0 Å².